The van der Waals surface area contributed by atoms with Crippen LogP contribution in [0.2, 0.25) is 0 Å². The fourth-order valence-corrected chi connectivity index (χ4v) is 2.88. The summed E-state index contributed by atoms with van der Waals surface area (Å²) in [5.41, 5.74) is 0.519. The lowest BCUT2D eigenvalue weighted by atomic mass is 10.2. The molecule has 0 saturated heterocycles. The van der Waals surface area contributed by atoms with E-state index in [0.717, 1.165) is 0 Å². The van der Waals surface area contributed by atoms with Gasteiger partial charge in [-0.1, -0.05) is 12.1 Å². The Hall–Kier alpha value is -3.88. The number of ether oxygens (including phenoxy) is 3. The second-order valence-corrected chi connectivity index (χ2v) is 6.35. The number of H-pyrrole nitrogens is 1. The zero-order chi connectivity index (χ0) is 20.4. The van der Waals surface area contributed by atoms with Gasteiger partial charge in [-0.25, -0.2) is 4.98 Å². The maximum Gasteiger partial charge on any atom is 0.326 e. The van der Waals surface area contributed by atoms with Crippen LogP contribution >= 0.6 is 0 Å². The van der Waals surface area contributed by atoms with Crippen LogP contribution in [-0.4, -0.2) is 35.2 Å². The van der Waals surface area contributed by atoms with Gasteiger partial charge in [0.15, 0.2) is 23.4 Å². The van der Waals surface area contributed by atoms with Crippen molar-refractivity contribution in [1.29, 1.82) is 0 Å². The molecule has 1 atom stereocenters. The molecule has 1 aromatic heterocycles. The van der Waals surface area contributed by atoms with Crippen LogP contribution in [0.4, 0.5) is 0 Å². The van der Waals surface area contributed by atoms with Crippen molar-refractivity contribution in [2.24, 2.45) is 0 Å². The molecule has 4 rings (SSSR count). The van der Waals surface area contributed by atoms with Crippen molar-refractivity contribution in [1.82, 2.24) is 15.3 Å². The van der Waals surface area contributed by atoms with Crippen LogP contribution in [0, 0.1) is 0 Å². The first-order chi connectivity index (χ1) is 14.0. The van der Waals surface area contributed by atoms with Crippen LogP contribution in [0.5, 0.6) is 11.5 Å². The Labute approximate surface area is 164 Å². The van der Waals surface area contributed by atoms with E-state index >= 15 is 0 Å². The molecule has 1 aliphatic rings. The number of fused-ring (bicyclic) bond motifs is 2. The molecule has 2 aromatic carbocycles. The Balaban J connectivity index is 1.37. The Morgan fingerprint density at radius 3 is 2.86 bits per heavy atom. The van der Waals surface area contributed by atoms with Gasteiger partial charge in [-0.15, -0.1) is 0 Å². The molecule has 0 saturated carbocycles. The summed E-state index contributed by atoms with van der Waals surface area (Å²) in [5, 5.41) is 2.94. The summed E-state index contributed by atoms with van der Waals surface area (Å²) in [5.74, 6) is 0.142. The van der Waals surface area contributed by atoms with Gasteiger partial charge in [-0.3, -0.25) is 14.4 Å². The van der Waals surface area contributed by atoms with Gasteiger partial charge in [0, 0.05) is 5.56 Å². The minimum Gasteiger partial charge on any atom is -0.454 e. The standard InChI is InChI=1S/C20H17N3O6/c1-11(18-22-14-5-3-2-4-13(14)20(26)23-18)29-17(24)9-21-19(25)12-6-7-15-16(8-12)28-10-27-15/h2-8,11H,9-10H2,1H3,(H,21,25)(H,22,23,26)/t11-/m0/s1. The zero-order valence-electron chi connectivity index (χ0n) is 15.4. The van der Waals surface area contributed by atoms with E-state index in [4.69, 9.17) is 14.2 Å². The molecular formula is C20H17N3O6. The average Bonchev–Trinajstić information content (AvgIpc) is 3.19. The van der Waals surface area contributed by atoms with Crippen molar-refractivity contribution in [3.05, 3.63) is 64.2 Å². The highest BCUT2D eigenvalue weighted by Gasteiger charge is 2.19. The third-order valence-electron chi connectivity index (χ3n) is 4.35. The number of carbonyl (C=O) groups is 2. The molecule has 9 nitrogen and oxygen atoms in total. The second-order valence-electron chi connectivity index (χ2n) is 6.35. The first kappa shape index (κ1) is 18.5. The van der Waals surface area contributed by atoms with Gasteiger partial charge in [0.1, 0.15) is 6.54 Å². The Morgan fingerprint density at radius 2 is 2.00 bits per heavy atom. The number of aromatic nitrogens is 2. The van der Waals surface area contributed by atoms with Crippen molar-refractivity contribution >= 4 is 22.8 Å². The average molecular weight is 395 g/mol. The molecule has 0 radical (unpaired) electrons. The lowest BCUT2D eigenvalue weighted by molar-refractivity contribution is -0.147. The van der Waals surface area contributed by atoms with E-state index in [2.05, 4.69) is 15.3 Å². The third-order valence-corrected chi connectivity index (χ3v) is 4.35. The predicted molar refractivity (Wildman–Crippen MR) is 102 cm³/mol. The van der Waals surface area contributed by atoms with E-state index in [1.165, 1.54) is 6.07 Å². The summed E-state index contributed by atoms with van der Waals surface area (Å²) in [6.07, 6.45) is -0.790. The molecule has 1 aliphatic heterocycles. The normalized spacial score (nSPS) is 13.1. The van der Waals surface area contributed by atoms with Crippen molar-refractivity contribution < 1.29 is 23.8 Å². The summed E-state index contributed by atoms with van der Waals surface area (Å²) in [4.78, 5) is 43.4. The van der Waals surface area contributed by atoms with E-state index in [0.29, 0.717) is 28.0 Å². The molecule has 0 bridgehead atoms. The van der Waals surface area contributed by atoms with Crippen molar-refractivity contribution in [3.8, 4) is 11.5 Å². The van der Waals surface area contributed by atoms with Gasteiger partial charge in [-0.05, 0) is 37.3 Å². The van der Waals surface area contributed by atoms with E-state index < -0.39 is 18.0 Å². The molecule has 9 heteroatoms. The summed E-state index contributed by atoms with van der Waals surface area (Å²) < 4.78 is 15.7. The van der Waals surface area contributed by atoms with E-state index in [1.807, 2.05) is 0 Å². The second kappa shape index (κ2) is 7.63. The van der Waals surface area contributed by atoms with E-state index in [1.54, 1.807) is 43.3 Å². The van der Waals surface area contributed by atoms with Gasteiger partial charge >= 0.3 is 5.97 Å². The Kier molecular flexibility index (Phi) is 4.86. The minimum absolute atomic E-state index is 0.107. The number of rotatable bonds is 5. The maximum atomic E-state index is 12.2. The number of amides is 1. The largest absolute Gasteiger partial charge is 0.454 e. The van der Waals surface area contributed by atoms with Crippen LogP contribution in [-0.2, 0) is 9.53 Å². The van der Waals surface area contributed by atoms with Crippen LogP contribution in [0.25, 0.3) is 10.9 Å². The van der Waals surface area contributed by atoms with Crippen molar-refractivity contribution in [2.75, 3.05) is 13.3 Å². The molecule has 1 amide bonds. The van der Waals surface area contributed by atoms with Crippen molar-refractivity contribution in [3.63, 3.8) is 0 Å². The number of nitrogens with one attached hydrogen (secondary N) is 2. The number of aromatic amines is 1. The Morgan fingerprint density at radius 1 is 1.21 bits per heavy atom. The SMILES string of the molecule is C[C@H](OC(=O)CNC(=O)c1ccc2c(c1)OCO2)c1nc2ccccc2c(=O)[nH]1. The van der Waals surface area contributed by atoms with Crippen LogP contribution in [0.1, 0.15) is 29.2 Å². The number of para-hydroxylation sites is 1. The molecular weight excluding hydrogens is 378 g/mol. The lowest BCUT2D eigenvalue weighted by Gasteiger charge is -2.13. The molecule has 2 heterocycles. The summed E-state index contributed by atoms with van der Waals surface area (Å²) in [6, 6.07) is 11.6. The Bertz CT molecular complexity index is 1160. The summed E-state index contributed by atoms with van der Waals surface area (Å²) in [6.45, 7) is 1.36. The monoisotopic (exact) mass is 395 g/mol. The minimum atomic E-state index is -0.790. The first-order valence-corrected chi connectivity index (χ1v) is 8.87. The third kappa shape index (κ3) is 3.88. The fourth-order valence-electron chi connectivity index (χ4n) is 2.88. The van der Waals surface area contributed by atoms with Gasteiger partial charge in [0.2, 0.25) is 6.79 Å². The van der Waals surface area contributed by atoms with Gasteiger partial charge in [0.25, 0.3) is 11.5 Å². The van der Waals surface area contributed by atoms with E-state index in [-0.39, 0.29) is 24.7 Å². The quantitative estimate of drug-likeness (QED) is 0.631. The van der Waals surface area contributed by atoms with Gasteiger partial charge < -0.3 is 24.5 Å². The maximum absolute atomic E-state index is 12.2. The smallest absolute Gasteiger partial charge is 0.326 e. The highest BCUT2D eigenvalue weighted by molar-refractivity contribution is 5.96. The zero-order valence-corrected chi connectivity index (χ0v) is 15.4. The fraction of sp³-hybridized carbons (Fsp3) is 0.200. The highest BCUT2D eigenvalue weighted by Crippen LogP contribution is 2.32. The summed E-state index contributed by atoms with van der Waals surface area (Å²) in [7, 11) is 0. The molecule has 148 valence electrons. The number of esters is 1. The number of hydrogen-bond donors (Lipinski definition) is 2. The van der Waals surface area contributed by atoms with Crippen molar-refractivity contribution in [2.45, 2.75) is 13.0 Å². The number of carbonyl (C=O) groups excluding carboxylic acids is 2. The molecule has 0 spiro atoms. The summed E-state index contributed by atoms with van der Waals surface area (Å²) >= 11 is 0. The molecule has 29 heavy (non-hydrogen) atoms. The predicted octanol–water partition coefficient (Wildman–Crippen LogP) is 1.69. The highest BCUT2D eigenvalue weighted by atomic mass is 16.7. The topological polar surface area (TPSA) is 120 Å². The first-order valence-electron chi connectivity index (χ1n) is 8.87. The van der Waals surface area contributed by atoms with Gasteiger partial charge in [-0.2, -0.15) is 0 Å². The molecule has 2 N–H and O–H groups in total. The molecule has 0 fully saturated rings. The molecule has 3 aromatic rings. The lowest BCUT2D eigenvalue weighted by Crippen LogP contribution is -2.31. The van der Waals surface area contributed by atoms with Crippen LogP contribution < -0.4 is 20.3 Å². The van der Waals surface area contributed by atoms with Crippen LogP contribution in [0.15, 0.2) is 47.3 Å². The van der Waals surface area contributed by atoms with E-state index in [9.17, 15) is 14.4 Å². The number of hydrogen-bond acceptors (Lipinski definition) is 7. The van der Waals surface area contributed by atoms with Gasteiger partial charge in [0.05, 0.1) is 10.9 Å². The molecule has 0 unspecified atom stereocenters. The number of benzene rings is 2. The van der Waals surface area contributed by atoms with Crippen LogP contribution in [0.3, 0.4) is 0 Å². The molecule has 0 aliphatic carbocycles. The number of nitrogens with zero attached hydrogens (tertiary/aromatic N) is 1.